The molecule has 1 aliphatic rings. The minimum absolute atomic E-state index is 0.299. The third-order valence-corrected chi connectivity index (χ3v) is 4.31. The Labute approximate surface area is 63.1 Å². The Morgan fingerprint density at radius 2 is 2.10 bits per heavy atom. The Balaban J connectivity index is 2.73. The van der Waals surface area contributed by atoms with E-state index in [2.05, 4.69) is 25.7 Å². The minimum atomic E-state index is -1.22. The molecule has 0 aromatic carbocycles. The standard InChI is InChI=1S/C8H14OSi/c1-10(2,3)8-6-4-5-7(8)9/h4,6,8H,5H2,1-3H3. The van der Waals surface area contributed by atoms with Gasteiger partial charge in [0, 0.05) is 12.0 Å². The first-order chi connectivity index (χ1) is 4.52. The lowest BCUT2D eigenvalue weighted by atomic mass is 10.3. The molecule has 1 aliphatic carbocycles. The first kappa shape index (κ1) is 7.73. The fraction of sp³-hybridized carbons (Fsp3) is 0.625. The fourth-order valence-corrected chi connectivity index (χ4v) is 3.12. The number of ketones is 1. The maximum absolute atomic E-state index is 11.2. The molecule has 0 spiro atoms. The molecule has 0 aliphatic heterocycles. The number of hydrogen-bond acceptors (Lipinski definition) is 1. The molecule has 0 aromatic heterocycles. The zero-order chi connectivity index (χ0) is 7.78. The molecular formula is C8H14OSi. The molecule has 0 bridgehead atoms. The zero-order valence-electron chi connectivity index (χ0n) is 6.85. The van der Waals surface area contributed by atoms with Crippen LogP contribution in [0.5, 0.6) is 0 Å². The molecule has 0 aromatic rings. The van der Waals surface area contributed by atoms with E-state index in [1.807, 2.05) is 6.08 Å². The molecule has 0 saturated heterocycles. The summed E-state index contributed by atoms with van der Waals surface area (Å²) in [6, 6.07) is 0. The minimum Gasteiger partial charge on any atom is -0.299 e. The SMILES string of the molecule is C[Si](C)(C)C1C=CCC1=O. The van der Waals surface area contributed by atoms with Gasteiger partial charge in [-0.2, -0.15) is 0 Å². The van der Waals surface area contributed by atoms with Crippen LogP contribution in [0.25, 0.3) is 0 Å². The van der Waals surface area contributed by atoms with Gasteiger partial charge in [0.25, 0.3) is 0 Å². The largest absolute Gasteiger partial charge is 0.299 e. The highest BCUT2D eigenvalue weighted by molar-refractivity contribution is 6.81. The predicted molar refractivity (Wildman–Crippen MR) is 45.9 cm³/mol. The van der Waals surface area contributed by atoms with Crippen molar-refractivity contribution in [3.63, 3.8) is 0 Å². The maximum Gasteiger partial charge on any atom is 0.140 e. The van der Waals surface area contributed by atoms with Crippen LogP contribution in [-0.4, -0.2) is 13.9 Å². The van der Waals surface area contributed by atoms with Crippen molar-refractivity contribution >= 4 is 13.9 Å². The number of Topliss-reactive ketones (excluding diaryl/α,β-unsaturated/α-hetero) is 1. The lowest BCUT2D eigenvalue weighted by Crippen LogP contribution is -2.30. The summed E-state index contributed by atoms with van der Waals surface area (Å²) in [4.78, 5) is 11.2. The van der Waals surface area contributed by atoms with Gasteiger partial charge in [-0.3, -0.25) is 4.79 Å². The van der Waals surface area contributed by atoms with Gasteiger partial charge in [-0.1, -0.05) is 31.8 Å². The Morgan fingerprint density at radius 1 is 1.50 bits per heavy atom. The van der Waals surface area contributed by atoms with Crippen LogP contribution in [0, 0.1) is 0 Å². The summed E-state index contributed by atoms with van der Waals surface area (Å²) in [6.45, 7) is 6.72. The smallest absolute Gasteiger partial charge is 0.140 e. The quantitative estimate of drug-likeness (QED) is 0.418. The van der Waals surface area contributed by atoms with Crippen LogP contribution in [0.1, 0.15) is 6.42 Å². The summed E-state index contributed by atoms with van der Waals surface area (Å²) in [5.41, 5.74) is 0.299. The highest BCUT2D eigenvalue weighted by atomic mass is 28.3. The third kappa shape index (κ3) is 1.37. The van der Waals surface area contributed by atoms with E-state index in [9.17, 15) is 4.79 Å². The highest BCUT2D eigenvalue weighted by Crippen LogP contribution is 2.29. The summed E-state index contributed by atoms with van der Waals surface area (Å²) in [5, 5.41) is 0. The van der Waals surface area contributed by atoms with Gasteiger partial charge in [0.05, 0.1) is 8.07 Å². The number of carbonyl (C=O) groups is 1. The van der Waals surface area contributed by atoms with Crippen molar-refractivity contribution in [2.45, 2.75) is 31.6 Å². The van der Waals surface area contributed by atoms with E-state index in [0.717, 1.165) is 0 Å². The van der Waals surface area contributed by atoms with Crippen molar-refractivity contribution in [3.05, 3.63) is 12.2 Å². The second-order valence-corrected chi connectivity index (χ2v) is 9.30. The van der Waals surface area contributed by atoms with Crippen molar-refractivity contribution in [1.82, 2.24) is 0 Å². The van der Waals surface area contributed by atoms with Crippen LogP contribution in [-0.2, 0) is 4.79 Å². The van der Waals surface area contributed by atoms with Crippen molar-refractivity contribution in [2.75, 3.05) is 0 Å². The first-order valence-electron chi connectivity index (χ1n) is 3.71. The molecule has 0 radical (unpaired) electrons. The van der Waals surface area contributed by atoms with E-state index in [0.29, 0.717) is 17.7 Å². The molecule has 1 atom stereocenters. The van der Waals surface area contributed by atoms with E-state index < -0.39 is 8.07 Å². The van der Waals surface area contributed by atoms with E-state index in [-0.39, 0.29) is 0 Å². The molecule has 1 nitrogen and oxygen atoms in total. The molecule has 10 heavy (non-hydrogen) atoms. The van der Waals surface area contributed by atoms with Gasteiger partial charge in [-0.05, 0) is 0 Å². The predicted octanol–water partition coefficient (Wildman–Crippen LogP) is 2.22. The molecule has 0 fully saturated rings. The Bertz CT molecular complexity index is 176. The van der Waals surface area contributed by atoms with Crippen molar-refractivity contribution < 1.29 is 4.79 Å². The van der Waals surface area contributed by atoms with Crippen LogP contribution in [0.3, 0.4) is 0 Å². The average Bonchev–Trinajstić information content (AvgIpc) is 2.11. The number of hydrogen-bond donors (Lipinski definition) is 0. The molecule has 0 amide bonds. The zero-order valence-corrected chi connectivity index (χ0v) is 7.85. The molecule has 56 valence electrons. The number of rotatable bonds is 1. The topological polar surface area (TPSA) is 17.1 Å². The Kier molecular flexibility index (Phi) is 1.81. The lowest BCUT2D eigenvalue weighted by molar-refractivity contribution is -0.117. The fourth-order valence-electron chi connectivity index (χ4n) is 1.33. The molecule has 0 saturated carbocycles. The van der Waals surface area contributed by atoms with E-state index in [1.54, 1.807) is 0 Å². The van der Waals surface area contributed by atoms with Gasteiger partial charge in [0.2, 0.25) is 0 Å². The molecule has 0 heterocycles. The van der Waals surface area contributed by atoms with Crippen LogP contribution >= 0.6 is 0 Å². The molecular weight excluding hydrogens is 140 g/mol. The van der Waals surface area contributed by atoms with Crippen LogP contribution in [0.15, 0.2) is 12.2 Å². The summed E-state index contributed by atoms with van der Waals surface area (Å²) in [7, 11) is -1.22. The van der Waals surface area contributed by atoms with E-state index in [4.69, 9.17) is 0 Å². The van der Waals surface area contributed by atoms with Crippen molar-refractivity contribution in [3.8, 4) is 0 Å². The lowest BCUT2D eigenvalue weighted by Gasteiger charge is -2.21. The van der Waals surface area contributed by atoms with Gasteiger partial charge in [0.1, 0.15) is 5.78 Å². The van der Waals surface area contributed by atoms with Gasteiger partial charge in [-0.15, -0.1) is 0 Å². The van der Waals surface area contributed by atoms with Crippen LogP contribution in [0.4, 0.5) is 0 Å². The van der Waals surface area contributed by atoms with Gasteiger partial charge >= 0.3 is 0 Å². The van der Waals surface area contributed by atoms with E-state index >= 15 is 0 Å². The average molecular weight is 154 g/mol. The molecule has 1 unspecified atom stereocenters. The highest BCUT2D eigenvalue weighted by Gasteiger charge is 2.32. The second kappa shape index (κ2) is 2.35. The summed E-state index contributed by atoms with van der Waals surface area (Å²) in [6.07, 6.45) is 4.77. The van der Waals surface area contributed by atoms with Crippen LogP contribution < -0.4 is 0 Å². The molecule has 0 N–H and O–H groups in total. The first-order valence-corrected chi connectivity index (χ1v) is 7.29. The van der Waals surface area contributed by atoms with Gasteiger partial charge in [-0.25, -0.2) is 0 Å². The number of allylic oxidation sites excluding steroid dienone is 2. The second-order valence-electron chi connectivity index (χ2n) is 3.94. The monoisotopic (exact) mass is 154 g/mol. The Hall–Kier alpha value is -0.373. The van der Waals surface area contributed by atoms with Crippen molar-refractivity contribution in [1.29, 1.82) is 0 Å². The maximum atomic E-state index is 11.2. The summed E-state index contributed by atoms with van der Waals surface area (Å²) < 4.78 is 0. The summed E-state index contributed by atoms with van der Waals surface area (Å²) in [5.74, 6) is 0.430. The Morgan fingerprint density at radius 3 is 2.30 bits per heavy atom. The van der Waals surface area contributed by atoms with Crippen molar-refractivity contribution in [2.24, 2.45) is 0 Å². The molecule has 2 heteroatoms. The number of carbonyl (C=O) groups excluding carboxylic acids is 1. The van der Waals surface area contributed by atoms with Gasteiger partial charge < -0.3 is 0 Å². The summed E-state index contributed by atoms with van der Waals surface area (Å²) >= 11 is 0. The normalized spacial score (nSPS) is 25.9. The van der Waals surface area contributed by atoms with Crippen LogP contribution in [0.2, 0.25) is 25.2 Å². The van der Waals surface area contributed by atoms with E-state index in [1.165, 1.54) is 0 Å². The molecule has 1 rings (SSSR count). The third-order valence-electron chi connectivity index (χ3n) is 1.93. The van der Waals surface area contributed by atoms with Gasteiger partial charge in [0.15, 0.2) is 0 Å².